The highest BCUT2D eigenvalue weighted by Gasteiger charge is 2.18. The van der Waals surface area contributed by atoms with Crippen LogP contribution < -0.4 is 5.32 Å². The van der Waals surface area contributed by atoms with Crippen LogP contribution >= 0.6 is 0 Å². The summed E-state index contributed by atoms with van der Waals surface area (Å²) >= 11 is 0. The summed E-state index contributed by atoms with van der Waals surface area (Å²) in [6.45, 7) is 2.20. The van der Waals surface area contributed by atoms with Gasteiger partial charge in [0, 0.05) is 18.7 Å². The van der Waals surface area contributed by atoms with Gasteiger partial charge in [-0.2, -0.15) is 4.39 Å². The smallest absolute Gasteiger partial charge is 0.307 e. The number of nitro benzene ring substituents is 1. The Morgan fingerprint density at radius 2 is 1.90 bits per heavy atom. The molecule has 2 rings (SSSR count). The SMILES string of the molecule is Cc1ccccc1CNc1cc([N+](=O)[O-])c(F)cc1F. The van der Waals surface area contributed by atoms with Crippen LogP contribution in [0.15, 0.2) is 36.4 Å². The van der Waals surface area contributed by atoms with Crippen molar-refractivity contribution in [2.24, 2.45) is 0 Å². The number of nitrogens with one attached hydrogen (secondary N) is 1. The zero-order chi connectivity index (χ0) is 14.7. The molecule has 0 aliphatic rings. The van der Waals surface area contributed by atoms with Crippen molar-refractivity contribution in [1.29, 1.82) is 0 Å². The van der Waals surface area contributed by atoms with Gasteiger partial charge in [-0.05, 0) is 18.1 Å². The molecule has 0 saturated heterocycles. The summed E-state index contributed by atoms with van der Waals surface area (Å²) in [6.07, 6.45) is 0. The van der Waals surface area contributed by atoms with Gasteiger partial charge in [0.25, 0.3) is 0 Å². The Labute approximate surface area is 114 Å². The third-order valence-electron chi connectivity index (χ3n) is 2.96. The second kappa shape index (κ2) is 5.64. The van der Waals surface area contributed by atoms with Crippen molar-refractivity contribution < 1.29 is 13.7 Å². The standard InChI is InChI=1S/C14H12F2N2O2/c1-9-4-2-3-5-10(9)8-17-13-7-14(18(19)20)12(16)6-11(13)15/h2-7,17H,8H2,1H3. The van der Waals surface area contributed by atoms with Gasteiger partial charge in [0.2, 0.25) is 5.82 Å². The molecule has 0 saturated carbocycles. The van der Waals surface area contributed by atoms with E-state index >= 15 is 0 Å². The van der Waals surface area contributed by atoms with E-state index in [1.54, 1.807) is 0 Å². The van der Waals surface area contributed by atoms with Gasteiger partial charge in [0.05, 0.1) is 10.6 Å². The maximum absolute atomic E-state index is 13.6. The minimum Gasteiger partial charge on any atom is -0.378 e. The van der Waals surface area contributed by atoms with Gasteiger partial charge < -0.3 is 5.32 Å². The summed E-state index contributed by atoms with van der Waals surface area (Å²) in [5.41, 5.74) is 1.09. The molecule has 0 atom stereocenters. The lowest BCUT2D eigenvalue weighted by atomic mass is 10.1. The van der Waals surface area contributed by atoms with Crippen molar-refractivity contribution >= 4 is 11.4 Å². The summed E-state index contributed by atoms with van der Waals surface area (Å²) in [6, 6.07) is 8.86. The van der Waals surface area contributed by atoms with Crippen LogP contribution in [0.1, 0.15) is 11.1 Å². The highest BCUT2D eigenvalue weighted by molar-refractivity contribution is 5.53. The average Bonchev–Trinajstić information content (AvgIpc) is 2.39. The van der Waals surface area contributed by atoms with Crippen LogP contribution in [0.3, 0.4) is 0 Å². The van der Waals surface area contributed by atoms with Gasteiger partial charge in [-0.1, -0.05) is 24.3 Å². The molecule has 0 spiro atoms. The van der Waals surface area contributed by atoms with Crippen LogP contribution in [0.25, 0.3) is 0 Å². The lowest BCUT2D eigenvalue weighted by molar-refractivity contribution is -0.387. The maximum atomic E-state index is 13.6. The minimum atomic E-state index is -1.19. The highest BCUT2D eigenvalue weighted by atomic mass is 19.1. The Morgan fingerprint density at radius 1 is 1.20 bits per heavy atom. The van der Waals surface area contributed by atoms with E-state index in [1.807, 2.05) is 31.2 Å². The second-order valence-corrected chi connectivity index (χ2v) is 4.32. The van der Waals surface area contributed by atoms with Gasteiger partial charge in [0.1, 0.15) is 5.82 Å². The number of nitro groups is 1. The summed E-state index contributed by atoms with van der Waals surface area (Å²) < 4.78 is 26.8. The van der Waals surface area contributed by atoms with Gasteiger partial charge in [-0.3, -0.25) is 10.1 Å². The largest absolute Gasteiger partial charge is 0.378 e. The molecule has 0 aliphatic carbocycles. The lowest BCUT2D eigenvalue weighted by Gasteiger charge is -2.10. The van der Waals surface area contributed by atoms with Crippen molar-refractivity contribution in [2.45, 2.75) is 13.5 Å². The van der Waals surface area contributed by atoms with Gasteiger partial charge >= 0.3 is 5.69 Å². The van der Waals surface area contributed by atoms with E-state index in [0.717, 1.165) is 17.2 Å². The molecule has 2 aromatic carbocycles. The minimum absolute atomic E-state index is 0.0960. The molecule has 0 bridgehead atoms. The Hall–Kier alpha value is -2.50. The van der Waals surface area contributed by atoms with Crippen LogP contribution in [0.5, 0.6) is 0 Å². The molecule has 104 valence electrons. The molecule has 1 N–H and O–H groups in total. The number of nitrogens with zero attached hydrogens (tertiary/aromatic N) is 1. The molecule has 0 amide bonds. The van der Waals surface area contributed by atoms with Crippen LogP contribution in [0.2, 0.25) is 0 Å². The molecule has 0 heterocycles. The molecule has 0 aromatic heterocycles. The van der Waals surface area contributed by atoms with Crippen molar-refractivity contribution in [3.8, 4) is 0 Å². The van der Waals surface area contributed by atoms with E-state index in [0.29, 0.717) is 12.6 Å². The zero-order valence-corrected chi connectivity index (χ0v) is 10.7. The van der Waals surface area contributed by atoms with Crippen LogP contribution in [-0.4, -0.2) is 4.92 Å². The van der Waals surface area contributed by atoms with Crippen molar-refractivity contribution in [3.05, 3.63) is 69.3 Å². The van der Waals surface area contributed by atoms with Gasteiger partial charge in [-0.15, -0.1) is 0 Å². The number of anilines is 1. The Balaban J connectivity index is 2.24. The maximum Gasteiger partial charge on any atom is 0.307 e. The molecule has 0 fully saturated rings. The first-order valence-electron chi connectivity index (χ1n) is 5.91. The first-order valence-corrected chi connectivity index (χ1v) is 5.91. The Bertz CT molecular complexity index is 660. The predicted octanol–water partition coefficient (Wildman–Crippen LogP) is 3.79. The number of aryl methyl sites for hydroxylation is 1. The predicted molar refractivity (Wildman–Crippen MR) is 71.5 cm³/mol. The molecule has 2 aromatic rings. The third-order valence-corrected chi connectivity index (χ3v) is 2.96. The number of hydrogen-bond donors (Lipinski definition) is 1. The summed E-state index contributed by atoms with van der Waals surface area (Å²) in [4.78, 5) is 9.75. The molecule has 0 aliphatic heterocycles. The van der Waals surface area contributed by atoms with Crippen LogP contribution in [-0.2, 0) is 6.54 Å². The normalized spacial score (nSPS) is 10.3. The van der Waals surface area contributed by atoms with Crippen molar-refractivity contribution in [3.63, 3.8) is 0 Å². The number of halogens is 2. The van der Waals surface area contributed by atoms with E-state index in [9.17, 15) is 18.9 Å². The third kappa shape index (κ3) is 2.90. The number of rotatable bonds is 4. The molecule has 4 nitrogen and oxygen atoms in total. The monoisotopic (exact) mass is 278 g/mol. The van der Waals surface area contributed by atoms with Crippen molar-refractivity contribution in [1.82, 2.24) is 0 Å². The first kappa shape index (κ1) is 13.9. The van der Waals surface area contributed by atoms with E-state index in [2.05, 4.69) is 5.32 Å². The topological polar surface area (TPSA) is 55.2 Å². The fourth-order valence-corrected chi connectivity index (χ4v) is 1.81. The summed E-state index contributed by atoms with van der Waals surface area (Å²) in [5, 5.41) is 13.4. The molecular weight excluding hydrogens is 266 g/mol. The van der Waals surface area contributed by atoms with Crippen LogP contribution in [0, 0.1) is 28.7 Å². The first-order chi connectivity index (χ1) is 9.49. The van der Waals surface area contributed by atoms with E-state index in [1.165, 1.54) is 0 Å². The highest BCUT2D eigenvalue weighted by Crippen LogP contribution is 2.25. The van der Waals surface area contributed by atoms with E-state index < -0.39 is 22.2 Å². The number of hydrogen-bond acceptors (Lipinski definition) is 3. The van der Waals surface area contributed by atoms with Crippen molar-refractivity contribution in [2.75, 3.05) is 5.32 Å². The summed E-state index contributed by atoms with van der Waals surface area (Å²) in [7, 11) is 0. The van der Waals surface area contributed by atoms with Crippen LogP contribution in [0.4, 0.5) is 20.2 Å². The Morgan fingerprint density at radius 3 is 2.55 bits per heavy atom. The van der Waals surface area contributed by atoms with Gasteiger partial charge in [0.15, 0.2) is 0 Å². The molecule has 6 heteroatoms. The fraction of sp³-hybridized carbons (Fsp3) is 0.143. The quantitative estimate of drug-likeness (QED) is 0.683. The zero-order valence-electron chi connectivity index (χ0n) is 10.7. The molecule has 20 heavy (non-hydrogen) atoms. The second-order valence-electron chi connectivity index (χ2n) is 4.32. The number of benzene rings is 2. The van der Waals surface area contributed by atoms with E-state index in [-0.39, 0.29) is 5.69 Å². The molecule has 0 unspecified atom stereocenters. The molecule has 0 radical (unpaired) electrons. The fourth-order valence-electron chi connectivity index (χ4n) is 1.81. The van der Waals surface area contributed by atoms with E-state index in [4.69, 9.17) is 0 Å². The lowest BCUT2D eigenvalue weighted by Crippen LogP contribution is -2.04. The Kier molecular flexibility index (Phi) is 3.93. The average molecular weight is 278 g/mol. The summed E-state index contributed by atoms with van der Waals surface area (Å²) in [5.74, 6) is -2.05. The molecular formula is C14H12F2N2O2. The van der Waals surface area contributed by atoms with Gasteiger partial charge in [-0.25, -0.2) is 4.39 Å².